The lowest BCUT2D eigenvalue weighted by Crippen LogP contribution is -2.31. The molecule has 0 fully saturated rings. The first-order valence-corrected chi connectivity index (χ1v) is 13.9. The Bertz CT molecular complexity index is 1440. The van der Waals surface area contributed by atoms with Crippen LogP contribution in [0, 0.1) is 0 Å². The molecule has 0 bridgehead atoms. The Balaban J connectivity index is 1.76. The van der Waals surface area contributed by atoms with Crippen LogP contribution in [0.15, 0.2) is 65.8 Å². The van der Waals surface area contributed by atoms with Crippen molar-refractivity contribution in [3.05, 3.63) is 72.1 Å². The predicted molar refractivity (Wildman–Crippen MR) is 144 cm³/mol. The van der Waals surface area contributed by atoms with E-state index in [1.807, 2.05) is 6.07 Å². The van der Waals surface area contributed by atoms with Crippen LogP contribution in [0.3, 0.4) is 0 Å². The molecule has 194 valence electrons. The number of fused-ring (bicyclic) bond motifs is 1. The highest BCUT2D eigenvalue weighted by atomic mass is 32.2. The molecule has 37 heavy (non-hydrogen) atoms. The fraction of sp³-hybridized carbons (Fsp3) is 0.269. The zero-order valence-corrected chi connectivity index (χ0v) is 22.7. The molecule has 0 aliphatic carbocycles. The van der Waals surface area contributed by atoms with Crippen LogP contribution in [0.25, 0.3) is 10.2 Å². The van der Waals surface area contributed by atoms with Crippen molar-refractivity contribution in [1.82, 2.24) is 14.3 Å². The van der Waals surface area contributed by atoms with E-state index in [-0.39, 0.29) is 17.3 Å². The average molecular weight is 541 g/mol. The summed E-state index contributed by atoms with van der Waals surface area (Å²) in [6, 6.07) is 13.2. The maximum absolute atomic E-state index is 13.8. The number of carbonyl (C=O) groups is 1. The van der Waals surface area contributed by atoms with Gasteiger partial charge in [-0.05, 0) is 48.0 Å². The third kappa shape index (κ3) is 5.29. The fourth-order valence-electron chi connectivity index (χ4n) is 3.93. The minimum atomic E-state index is -3.64. The second kappa shape index (κ2) is 11.2. The predicted octanol–water partition coefficient (Wildman–Crippen LogP) is 4.59. The van der Waals surface area contributed by atoms with E-state index in [9.17, 15) is 13.2 Å². The monoisotopic (exact) mass is 540 g/mol. The number of nitrogens with zero attached hydrogens (tertiary/aromatic N) is 4. The van der Waals surface area contributed by atoms with Crippen LogP contribution in [0.1, 0.15) is 29.8 Å². The number of rotatable bonds is 10. The standard InChI is InChI=1S/C26H28N4O5S2/c1-5-29(6-2)37(32,33)20-11-9-19(10-12-20)25(31)30(17-18-8-7-15-27-16-18)26-28-23-21(34-3)13-14-22(35-4)24(23)36-26/h7-16H,5-6,17H2,1-4H3. The van der Waals surface area contributed by atoms with E-state index in [2.05, 4.69) is 4.98 Å². The molecular formula is C26H28N4O5S2. The number of amides is 1. The molecule has 0 atom stereocenters. The molecule has 0 unspecified atom stereocenters. The minimum absolute atomic E-state index is 0.140. The average Bonchev–Trinajstić information content (AvgIpc) is 3.37. The maximum atomic E-state index is 13.8. The van der Waals surface area contributed by atoms with Crippen LogP contribution in [-0.4, -0.2) is 55.9 Å². The van der Waals surface area contributed by atoms with Gasteiger partial charge in [0.15, 0.2) is 5.13 Å². The minimum Gasteiger partial charge on any atom is -0.495 e. The second-order valence-electron chi connectivity index (χ2n) is 8.01. The summed E-state index contributed by atoms with van der Waals surface area (Å²) in [5.74, 6) is 0.866. The summed E-state index contributed by atoms with van der Waals surface area (Å²) in [6.07, 6.45) is 3.35. The van der Waals surface area contributed by atoms with Gasteiger partial charge in [0.2, 0.25) is 10.0 Å². The number of thiazole rings is 1. The Morgan fingerprint density at radius 1 is 0.973 bits per heavy atom. The number of pyridine rings is 1. The summed E-state index contributed by atoms with van der Waals surface area (Å²) in [7, 11) is -0.497. The number of hydrogen-bond donors (Lipinski definition) is 0. The van der Waals surface area contributed by atoms with Gasteiger partial charge in [0.1, 0.15) is 21.7 Å². The van der Waals surface area contributed by atoms with Gasteiger partial charge in [-0.25, -0.2) is 13.4 Å². The van der Waals surface area contributed by atoms with Gasteiger partial charge in [-0.15, -0.1) is 0 Å². The summed E-state index contributed by atoms with van der Waals surface area (Å²) in [6.45, 7) is 4.52. The van der Waals surface area contributed by atoms with Gasteiger partial charge in [0.05, 0.1) is 25.7 Å². The molecule has 4 rings (SSSR count). The summed E-state index contributed by atoms with van der Waals surface area (Å²) in [4.78, 5) is 24.4. The van der Waals surface area contributed by atoms with Crippen LogP contribution in [0.4, 0.5) is 5.13 Å². The summed E-state index contributed by atoms with van der Waals surface area (Å²) < 4.78 is 38.9. The third-order valence-corrected chi connectivity index (χ3v) is 9.04. The van der Waals surface area contributed by atoms with Crippen molar-refractivity contribution in [1.29, 1.82) is 0 Å². The van der Waals surface area contributed by atoms with E-state index in [0.717, 1.165) is 10.3 Å². The lowest BCUT2D eigenvalue weighted by molar-refractivity contribution is 0.0985. The first-order chi connectivity index (χ1) is 17.8. The zero-order valence-electron chi connectivity index (χ0n) is 21.0. The maximum Gasteiger partial charge on any atom is 0.260 e. The first kappa shape index (κ1) is 26.5. The van der Waals surface area contributed by atoms with E-state index in [0.29, 0.717) is 40.8 Å². The molecule has 0 aliphatic rings. The molecule has 11 heteroatoms. The van der Waals surface area contributed by atoms with E-state index < -0.39 is 10.0 Å². The van der Waals surface area contributed by atoms with Gasteiger partial charge < -0.3 is 9.47 Å². The first-order valence-electron chi connectivity index (χ1n) is 11.7. The number of sulfonamides is 1. The molecule has 9 nitrogen and oxygen atoms in total. The molecule has 0 N–H and O–H groups in total. The van der Waals surface area contributed by atoms with Gasteiger partial charge in [0.25, 0.3) is 5.91 Å². The summed E-state index contributed by atoms with van der Waals surface area (Å²) >= 11 is 1.31. The number of benzene rings is 2. The lowest BCUT2D eigenvalue weighted by atomic mass is 10.2. The number of anilines is 1. The third-order valence-electron chi connectivity index (χ3n) is 5.88. The van der Waals surface area contributed by atoms with Crippen molar-refractivity contribution in [3.8, 4) is 11.5 Å². The smallest absolute Gasteiger partial charge is 0.260 e. The van der Waals surface area contributed by atoms with E-state index in [4.69, 9.17) is 14.5 Å². The number of aromatic nitrogens is 2. The summed E-state index contributed by atoms with van der Waals surface area (Å²) in [5, 5.41) is 0.450. The SMILES string of the molecule is CCN(CC)S(=O)(=O)c1ccc(C(=O)N(Cc2cccnc2)c2nc3c(OC)ccc(OC)c3s2)cc1. The van der Waals surface area contributed by atoms with Crippen molar-refractivity contribution in [2.24, 2.45) is 0 Å². The van der Waals surface area contributed by atoms with E-state index >= 15 is 0 Å². The highest BCUT2D eigenvalue weighted by Crippen LogP contribution is 2.40. The van der Waals surface area contributed by atoms with Crippen LogP contribution in [-0.2, 0) is 16.6 Å². The summed E-state index contributed by atoms with van der Waals surface area (Å²) in [5.41, 5.74) is 1.74. The van der Waals surface area contributed by atoms with Gasteiger partial charge in [-0.1, -0.05) is 31.3 Å². The van der Waals surface area contributed by atoms with Crippen LogP contribution in [0.2, 0.25) is 0 Å². The molecule has 0 saturated carbocycles. The fourth-order valence-corrected chi connectivity index (χ4v) is 6.46. The quantitative estimate of drug-likeness (QED) is 0.290. The van der Waals surface area contributed by atoms with Crippen molar-refractivity contribution in [3.63, 3.8) is 0 Å². The molecule has 2 heterocycles. The number of hydrogen-bond acceptors (Lipinski definition) is 8. The van der Waals surface area contributed by atoms with E-state index in [1.165, 1.54) is 39.9 Å². The van der Waals surface area contributed by atoms with Crippen molar-refractivity contribution >= 4 is 42.6 Å². The Labute approximate surface area is 220 Å². The molecule has 2 aromatic carbocycles. The van der Waals surface area contributed by atoms with Gasteiger partial charge in [-0.2, -0.15) is 4.31 Å². The second-order valence-corrected chi connectivity index (χ2v) is 10.9. The normalized spacial score (nSPS) is 11.6. The van der Waals surface area contributed by atoms with Gasteiger partial charge in [-0.3, -0.25) is 14.7 Å². The number of carbonyl (C=O) groups excluding carboxylic acids is 1. The Morgan fingerprint density at radius 3 is 2.24 bits per heavy atom. The van der Waals surface area contributed by atoms with E-state index in [1.54, 1.807) is 63.6 Å². The van der Waals surface area contributed by atoms with Crippen molar-refractivity contribution in [2.45, 2.75) is 25.3 Å². The Morgan fingerprint density at radius 2 is 1.65 bits per heavy atom. The Hall–Kier alpha value is -3.54. The molecular weight excluding hydrogens is 512 g/mol. The molecule has 0 aliphatic heterocycles. The van der Waals surface area contributed by atoms with Crippen LogP contribution >= 0.6 is 11.3 Å². The Kier molecular flexibility index (Phi) is 8.06. The van der Waals surface area contributed by atoms with Crippen LogP contribution < -0.4 is 14.4 Å². The largest absolute Gasteiger partial charge is 0.495 e. The van der Waals surface area contributed by atoms with Gasteiger partial charge in [0, 0.05) is 31.0 Å². The number of ether oxygens (including phenoxy) is 2. The van der Waals surface area contributed by atoms with Gasteiger partial charge >= 0.3 is 0 Å². The molecule has 1 amide bonds. The lowest BCUT2D eigenvalue weighted by Gasteiger charge is -2.21. The topological polar surface area (TPSA) is 102 Å². The molecule has 4 aromatic rings. The highest BCUT2D eigenvalue weighted by molar-refractivity contribution is 7.89. The van der Waals surface area contributed by atoms with Crippen LogP contribution in [0.5, 0.6) is 11.5 Å². The molecule has 0 spiro atoms. The highest BCUT2D eigenvalue weighted by Gasteiger charge is 2.26. The molecule has 0 radical (unpaired) electrons. The number of methoxy groups -OCH3 is 2. The van der Waals surface area contributed by atoms with Crippen molar-refractivity contribution < 1.29 is 22.7 Å². The molecule has 0 saturated heterocycles. The van der Waals surface area contributed by atoms with Crippen molar-refractivity contribution in [2.75, 3.05) is 32.2 Å². The zero-order chi connectivity index (χ0) is 26.6. The molecule has 2 aromatic heterocycles.